The van der Waals surface area contributed by atoms with E-state index in [1.807, 2.05) is 6.07 Å². The zero-order valence-electron chi connectivity index (χ0n) is 15.1. The molecule has 3 nitrogen and oxygen atoms in total. The van der Waals surface area contributed by atoms with Gasteiger partial charge in [0.1, 0.15) is 5.82 Å². The van der Waals surface area contributed by atoms with E-state index in [9.17, 15) is 9.50 Å². The number of hydrogen-bond acceptors (Lipinski definition) is 3. The van der Waals surface area contributed by atoms with Crippen LogP contribution < -0.4 is 0 Å². The Kier molecular flexibility index (Phi) is 5.28. The molecule has 1 aromatic carbocycles. The quantitative estimate of drug-likeness (QED) is 0.895. The maximum absolute atomic E-state index is 14.0. The van der Waals surface area contributed by atoms with Gasteiger partial charge in [0.05, 0.1) is 5.60 Å². The number of aliphatic hydroxyl groups is 1. The summed E-state index contributed by atoms with van der Waals surface area (Å²) in [7, 11) is 0. The van der Waals surface area contributed by atoms with Gasteiger partial charge in [-0.1, -0.05) is 32.0 Å². The fourth-order valence-electron chi connectivity index (χ4n) is 4.39. The highest BCUT2D eigenvalue weighted by molar-refractivity contribution is 5.25. The van der Waals surface area contributed by atoms with Crippen molar-refractivity contribution in [3.63, 3.8) is 0 Å². The molecule has 2 aliphatic heterocycles. The minimum atomic E-state index is -1.01. The molecule has 0 aromatic heterocycles. The Morgan fingerprint density at radius 3 is 2.12 bits per heavy atom. The van der Waals surface area contributed by atoms with Crippen LogP contribution in [0.15, 0.2) is 24.3 Å². The minimum Gasteiger partial charge on any atom is -0.385 e. The van der Waals surface area contributed by atoms with Crippen LogP contribution in [0.1, 0.15) is 45.1 Å². The van der Waals surface area contributed by atoms with Gasteiger partial charge in [0.25, 0.3) is 0 Å². The van der Waals surface area contributed by atoms with Crippen molar-refractivity contribution in [3.05, 3.63) is 35.6 Å². The lowest BCUT2D eigenvalue weighted by Gasteiger charge is -2.42. The molecular formula is C20H31FN2O. The Morgan fingerprint density at radius 2 is 1.54 bits per heavy atom. The van der Waals surface area contributed by atoms with Crippen molar-refractivity contribution < 1.29 is 9.50 Å². The minimum absolute atomic E-state index is 0.248. The van der Waals surface area contributed by atoms with Gasteiger partial charge in [-0.15, -0.1) is 0 Å². The second-order valence-electron chi connectivity index (χ2n) is 8.44. The molecular weight excluding hydrogens is 303 g/mol. The summed E-state index contributed by atoms with van der Waals surface area (Å²) in [6, 6.07) is 6.65. The van der Waals surface area contributed by atoms with Crippen LogP contribution in [0.3, 0.4) is 0 Å². The van der Waals surface area contributed by atoms with E-state index in [1.54, 1.807) is 12.1 Å². The summed E-state index contributed by atoms with van der Waals surface area (Å²) < 4.78 is 14.0. The summed E-state index contributed by atoms with van der Waals surface area (Å²) >= 11 is 0. The molecule has 2 aliphatic rings. The SMILES string of the molecule is CC(C)(CN1CCCC1)CN1CCC(O)(c2ccccc2F)CC1. The van der Waals surface area contributed by atoms with Gasteiger partial charge in [0, 0.05) is 31.7 Å². The van der Waals surface area contributed by atoms with Gasteiger partial charge in [-0.25, -0.2) is 4.39 Å². The molecule has 1 N–H and O–H groups in total. The van der Waals surface area contributed by atoms with Crippen molar-refractivity contribution in [2.45, 2.75) is 45.1 Å². The molecule has 0 spiro atoms. The summed E-state index contributed by atoms with van der Waals surface area (Å²) in [5.41, 5.74) is -0.306. The first-order valence-corrected chi connectivity index (χ1v) is 9.30. The molecule has 2 saturated heterocycles. The third-order valence-electron chi connectivity index (χ3n) is 5.56. The molecule has 3 rings (SSSR count). The first-order chi connectivity index (χ1) is 11.4. The lowest BCUT2D eigenvalue weighted by atomic mass is 9.83. The number of piperidine rings is 1. The molecule has 0 bridgehead atoms. The summed E-state index contributed by atoms with van der Waals surface area (Å²) in [6.45, 7) is 11.0. The van der Waals surface area contributed by atoms with Gasteiger partial charge in [-0.3, -0.25) is 0 Å². The second-order valence-corrected chi connectivity index (χ2v) is 8.44. The van der Waals surface area contributed by atoms with Crippen LogP contribution in [-0.2, 0) is 5.60 Å². The van der Waals surface area contributed by atoms with Crippen molar-refractivity contribution in [2.75, 3.05) is 39.3 Å². The van der Waals surface area contributed by atoms with Crippen LogP contribution >= 0.6 is 0 Å². The van der Waals surface area contributed by atoms with E-state index in [1.165, 1.54) is 32.0 Å². The molecule has 2 fully saturated rings. The van der Waals surface area contributed by atoms with Crippen molar-refractivity contribution in [3.8, 4) is 0 Å². The third kappa shape index (κ3) is 4.16. The van der Waals surface area contributed by atoms with E-state index >= 15 is 0 Å². The number of likely N-dealkylation sites (tertiary alicyclic amines) is 2. The van der Waals surface area contributed by atoms with Crippen LogP contribution in [0, 0.1) is 11.2 Å². The highest BCUT2D eigenvalue weighted by Gasteiger charge is 2.37. The van der Waals surface area contributed by atoms with E-state index in [0.29, 0.717) is 18.4 Å². The Bertz CT molecular complexity index is 546. The number of hydrogen-bond donors (Lipinski definition) is 1. The van der Waals surface area contributed by atoms with Crippen molar-refractivity contribution >= 4 is 0 Å². The Labute approximate surface area is 145 Å². The van der Waals surface area contributed by atoms with E-state index < -0.39 is 5.60 Å². The molecule has 0 aliphatic carbocycles. The molecule has 1 aromatic rings. The molecule has 0 atom stereocenters. The summed E-state index contributed by atoms with van der Waals surface area (Å²) in [5.74, 6) is -0.289. The fourth-order valence-corrected chi connectivity index (χ4v) is 4.39. The van der Waals surface area contributed by atoms with Crippen LogP contribution in [0.25, 0.3) is 0 Å². The first-order valence-electron chi connectivity index (χ1n) is 9.30. The van der Waals surface area contributed by atoms with Gasteiger partial charge in [-0.05, 0) is 50.3 Å². The summed E-state index contributed by atoms with van der Waals surface area (Å²) in [5, 5.41) is 10.9. The molecule has 24 heavy (non-hydrogen) atoms. The van der Waals surface area contributed by atoms with E-state index in [2.05, 4.69) is 23.6 Å². The van der Waals surface area contributed by atoms with Gasteiger partial charge in [-0.2, -0.15) is 0 Å². The fraction of sp³-hybridized carbons (Fsp3) is 0.700. The zero-order valence-corrected chi connectivity index (χ0v) is 15.1. The first kappa shape index (κ1) is 17.8. The second kappa shape index (κ2) is 7.11. The lowest BCUT2D eigenvalue weighted by Crippen LogP contribution is -2.48. The molecule has 4 heteroatoms. The largest absolute Gasteiger partial charge is 0.385 e. The third-order valence-corrected chi connectivity index (χ3v) is 5.56. The molecule has 134 valence electrons. The Balaban J connectivity index is 1.55. The smallest absolute Gasteiger partial charge is 0.129 e. The van der Waals surface area contributed by atoms with Gasteiger partial charge in [0.15, 0.2) is 0 Å². The van der Waals surface area contributed by atoms with Crippen LogP contribution in [-0.4, -0.2) is 54.2 Å². The number of rotatable bonds is 5. The molecule has 0 unspecified atom stereocenters. The van der Waals surface area contributed by atoms with Crippen LogP contribution in [0.2, 0.25) is 0 Å². The van der Waals surface area contributed by atoms with Crippen LogP contribution in [0.5, 0.6) is 0 Å². The highest BCUT2D eigenvalue weighted by atomic mass is 19.1. The average Bonchev–Trinajstić information content (AvgIpc) is 3.02. The standard InChI is InChI=1S/C20H31FN2O/c1-19(2,15-22-11-5-6-12-22)16-23-13-9-20(24,10-14-23)17-7-3-4-8-18(17)21/h3-4,7-8,24H,5-6,9-16H2,1-2H3. The van der Waals surface area contributed by atoms with Crippen molar-refractivity contribution in [2.24, 2.45) is 5.41 Å². The van der Waals surface area contributed by atoms with Gasteiger partial charge in [0.2, 0.25) is 0 Å². The lowest BCUT2D eigenvalue weighted by molar-refractivity contribution is -0.0365. The Morgan fingerprint density at radius 1 is 1.00 bits per heavy atom. The van der Waals surface area contributed by atoms with E-state index in [-0.39, 0.29) is 11.2 Å². The van der Waals surface area contributed by atoms with E-state index in [4.69, 9.17) is 0 Å². The summed E-state index contributed by atoms with van der Waals surface area (Å²) in [6.07, 6.45) is 3.87. The van der Waals surface area contributed by atoms with Crippen LogP contribution in [0.4, 0.5) is 4.39 Å². The monoisotopic (exact) mass is 334 g/mol. The van der Waals surface area contributed by atoms with Gasteiger partial charge < -0.3 is 14.9 Å². The molecule has 0 amide bonds. The predicted octanol–water partition coefficient (Wildman–Crippen LogP) is 3.23. The maximum Gasteiger partial charge on any atom is 0.129 e. The maximum atomic E-state index is 14.0. The average molecular weight is 334 g/mol. The number of benzene rings is 1. The normalized spacial score (nSPS) is 22.8. The molecule has 0 radical (unpaired) electrons. The topological polar surface area (TPSA) is 26.7 Å². The van der Waals surface area contributed by atoms with E-state index in [0.717, 1.165) is 26.2 Å². The zero-order chi connectivity index (χ0) is 17.2. The number of halogens is 1. The summed E-state index contributed by atoms with van der Waals surface area (Å²) in [4.78, 5) is 5.00. The van der Waals surface area contributed by atoms with Crippen molar-refractivity contribution in [1.82, 2.24) is 9.80 Å². The predicted molar refractivity (Wildman–Crippen MR) is 95.4 cm³/mol. The molecule has 2 heterocycles. The van der Waals surface area contributed by atoms with Crippen molar-refractivity contribution in [1.29, 1.82) is 0 Å². The highest BCUT2D eigenvalue weighted by Crippen LogP contribution is 2.35. The Hall–Kier alpha value is -0.970. The molecule has 0 saturated carbocycles. The number of nitrogens with zero attached hydrogens (tertiary/aromatic N) is 2. The van der Waals surface area contributed by atoms with Gasteiger partial charge >= 0.3 is 0 Å².